The summed E-state index contributed by atoms with van der Waals surface area (Å²) in [5.74, 6) is -1.12. The number of phosphoric acid groups is 1. The molecule has 2 aromatic carbocycles. The lowest BCUT2D eigenvalue weighted by atomic mass is 10.1. The van der Waals surface area contributed by atoms with Crippen molar-refractivity contribution in [1.82, 2.24) is 0 Å². The lowest BCUT2D eigenvalue weighted by molar-refractivity contribution is -0.145. The maximum Gasteiger partial charge on any atom is 0.527 e. The third-order valence-electron chi connectivity index (χ3n) is 4.04. The SMILES string of the molecule is COc1ccccc1CCC(=O)OCc1cccc(OP(=O)(O)OC[C@H](N)C(=O)O)c1. The van der Waals surface area contributed by atoms with Gasteiger partial charge in [0, 0.05) is 6.42 Å². The number of aliphatic carboxylic acids is 1. The highest BCUT2D eigenvalue weighted by atomic mass is 31.2. The molecular formula is C20H24NO9P. The molecule has 0 amide bonds. The van der Waals surface area contributed by atoms with Gasteiger partial charge in [0.05, 0.1) is 13.7 Å². The van der Waals surface area contributed by atoms with E-state index in [4.69, 9.17) is 24.8 Å². The molecule has 10 nitrogen and oxygen atoms in total. The Morgan fingerprint density at radius 3 is 2.61 bits per heavy atom. The number of ether oxygens (including phenoxy) is 2. The summed E-state index contributed by atoms with van der Waals surface area (Å²) in [5.41, 5.74) is 6.63. The second-order valence-electron chi connectivity index (χ2n) is 6.42. The van der Waals surface area contributed by atoms with E-state index in [0.717, 1.165) is 5.56 Å². The van der Waals surface area contributed by atoms with Crippen molar-refractivity contribution < 1.29 is 42.7 Å². The number of methoxy groups -OCH3 is 1. The van der Waals surface area contributed by atoms with Gasteiger partial charge in [-0.1, -0.05) is 30.3 Å². The maximum atomic E-state index is 12.0. The standard InChI is InChI=1S/C20H24NO9P/c1-27-18-8-3-2-6-15(18)9-10-19(22)28-12-14-5-4-7-16(11-14)30-31(25,26)29-13-17(21)20(23)24/h2-8,11,17H,9-10,12-13,21H2,1H3,(H,23,24)(H,25,26)/t17-/m0/s1. The minimum atomic E-state index is -4.58. The number of hydrogen-bond donors (Lipinski definition) is 3. The van der Waals surface area contributed by atoms with Gasteiger partial charge in [0.15, 0.2) is 0 Å². The monoisotopic (exact) mass is 453 g/mol. The molecule has 0 aliphatic heterocycles. The number of rotatable bonds is 12. The number of para-hydroxylation sites is 1. The molecular weight excluding hydrogens is 429 g/mol. The van der Waals surface area contributed by atoms with Gasteiger partial charge in [-0.2, -0.15) is 0 Å². The Bertz CT molecular complexity index is 950. The van der Waals surface area contributed by atoms with E-state index in [-0.39, 0.29) is 18.8 Å². The predicted octanol–water partition coefficient (Wildman–Crippen LogP) is 2.28. The third-order valence-corrected chi connectivity index (χ3v) is 4.96. The van der Waals surface area contributed by atoms with Crippen LogP contribution in [0.4, 0.5) is 0 Å². The first-order valence-electron chi connectivity index (χ1n) is 9.22. The van der Waals surface area contributed by atoms with Crippen LogP contribution < -0.4 is 15.0 Å². The number of hydrogen-bond acceptors (Lipinski definition) is 8. The van der Waals surface area contributed by atoms with Crippen LogP contribution in [-0.4, -0.2) is 41.7 Å². The second-order valence-corrected chi connectivity index (χ2v) is 7.80. The van der Waals surface area contributed by atoms with Crippen LogP contribution in [0.5, 0.6) is 11.5 Å². The van der Waals surface area contributed by atoms with Gasteiger partial charge in [-0.3, -0.25) is 19.0 Å². The van der Waals surface area contributed by atoms with Crippen LogP contribution in [0.2, 0.25) is 0 Å². The lowest BCUT2D eigenvalue weighted by Crippen LogP contribution is -2.34. The zero-order valence-corrected chi connectivity index (χ0v) is 17.7. The van der Waals surface area contributed by atoms with Crippen molar-refractivity contribution in [2.24, 2.45) is 5.73 Å². The van der Waals surface area contributed by atoms with Gasteiger partial charge in [0.25, 0.3) is 0 Å². The van der Waals surface area contributed by atoms with Crippen molar-refractivity contribution in [2.75, 3.05) is 13.7 Å². The smallest absolute Gasteiger partial charge is 0.496 e. The molecule has 11 heteroatoms. The van der Waals surface area contributed by atoms with E-state index in [1.165, 1.54) is 18.2 Å². The molecule has 168 valence electrons. The molecule has 0 radical (unpaired) electrons. The summed E-state index contributed by atoms with van der Waals surface area (Å²) in [6.07, 6.45) is 0.607. The molecule has 0 aromatic heterocycles. The lowest BCUT2D eigenvalue weighted by Gasteiger charge is -2.15. The number of carbonyl (C=O) groups excluding carboxylic acids is 1. The van der Waals surface area contributed by atoms with Crippen molar-refractivity contribution in [3.05, 3.63) is 59.7 Å². The molecule has 0 fully saturated rings. The number of nitrogens with two attached hydrogens (primary N) is 1. The van der Waals surface area contributed by atoms with Gasteiger partial charge in [-0.15, -0.1) is 0 Å². The fourth-order valence-corrected chi connectivity index (χ4v) is 3.26. The van der Waals surface area contributed by atoms with E-state index in [1.807, 2.05) is 24.3 Å². The quantitative estimate of drug-likeness (QED) is 0.322. The van der Waals surface area contributed by atoms with Crippen LogP contribution >= 0.6 is 7.82 Å². The number of carbonyl (C=O) groups is 2. The largest absolute Gasteiger partial charge is 0.527 e. The van der Waals surface area contributed by atoms with Crippen molar-refractivity contribution >= 4 is 19.8 Å². The van der Waals surface area contributed by atoms with Crippen molar-refractivity contribution in [3.8, 4) is 11.5 Å². The fourth-order valence-electron chi connectivity index (χ4n) is 2.48. The Labute approximate surface area is 179 Å². The predicted molar refractivity (Wildman–Crippen MR) is 110 cm³/mol. The molecule has 0 aliphatic rings. The molecule has 2 aromatic rings. The summed E-state index contributed by atoms with van der Waals surface area (Å²) in [7, 11) is -3.02. The van der Waals surface area contributed by atoms with Crippen LogP contribution in [-0.2, 0) is 36.4 Å². The number of carboxylic acids is 1. The molecule has 0 saturated carbocycles. The van der Waals surface area contributed by atoms with E-state index in [9.17, 15) is 19.0 Å². The van der Waals surface area contributed by atoms with Gasteiger partial charge >= 0.3 is 19.8 Å². The summed E-state index contributed by atoms with van der Waals surface area (Å²) < 4.78 is 31.9. The van der Waals surface area contributed by atoms with Gasteiger partial charge in [-0.05, 0) is 35.7 Å². The number of esters is 1. The molecule has 0 spiro atoms. The number of carboxylic acid groups (broad SMARTS) is 1. The topological polar surface area (TPSA) is 155 Å². The Kier molecular flexibility index (Phi) is 9.02. The number of aryl methyl sites for hydroxylation is 1. The maximum absolute atomic E-state index is 12.0. The average Bonchev–Trinajstić information content (AvgIpc) is 2.74. The zero-order valence-electron chi connectivity index (χ0n) is 16.8. The molecule has 0 bridgehead atoms. The minimum absolute atomic E-state index is 0.0164. The van der Waals surface area contributed by atoms with E-state index < -0.39 is 32.4 Å². The van der Waals surface area contributed by atoms with Gasteiger partial charge in [0.2, 0.25) is 0 Å². The fraction of sp³-hybridized carbons (Fsp3) is 0.300. The summed E-state index contributed by atoms with van der Waals surface area (Å²) >= 11 is 0. The van der Waals surface area contributed by atoms with Crippen LogP contribution in [0, 0.1) is 0 Å². The van der Waals surface area contributed by atoms with E-state index in [2.05, 4.69) is 4.52 Å². The molecule has 2 atom stereocenters. The minimum Gasteiger partial charge on any atom is -0.496 e. The van der Waals surface area contributed by atoms with Crippen molar-refractivity contribution in [1.29, 1.82) is 0 Å². The van der Waals surface area contributed by atoms with E-state index in [1.54, 1.807) is 13.2 Å². The van der Waals surface area contributed by atoms with Gasteiger partial charge in [0.1, 0.15) is 24.1 Å². The van der Waals surface area contributed by atoms with E-state index in [0.29, 0.717) is 17.7 Å². The molecule has 0 heterocycles. The van der Waals surface area contributed by atoms with Gasteiger partial charge in [-0.25, -0.2) is 4.57 Å². The summed E-state index contributed by atoms with van der Waals surface area (Å²) in [4.78, 5) is 32.4. The first-order chi connectivity index (χ1) is 14.7. The highest BCUT2D eigenvalue weighted by Crippen LogP contribution is 2.43. The normalized spacial score (nSPS) is 13.6. The molecule has 31 heavy (non-hydrogen) atoms. The van der Waals surface area contributed by atoms with E-state index >= 15 is 0 Å². The number of phosphoric ester groups is 1. The number of benzene rings is 2. The van der Waals surface area contributed by atoms with Crippen LogP contribution in [0.15, 0.2) is 48.5 Å². The van der Waals surface area contributed by atoms with Crippen LogP contribution in [0.1, 0.15) is 17.5 Å². The summed E-state index contributed by atoms with van der Waals surface area (Å²) in [6.45, 7) is -0.769. The molecule has 0 aliphatic carbocycles. The Morgan fingerprint density at radius 2 is 1.90 bits per heavy atom. The highest BCUT2D eigenvalue weighted by Gasteiger charge is 2.26. The third kappa shape index (κ3) is 8.39. The first-order valence-corrected chi connectivity index (χ1v) is 10.7. The highest BCUT2D eigenvalue weighted by molar-refractivity contribution is 7.47. The van der Waals surface area contributed by atoms with Crippen molar-refractivity contribution in [2.45, 2.75) is 25.5 Å². The zero-order chi connectivity index (χ0) is 22.9. The summed E-state index contributed by atoms with van der Waals surface area (Å²) in [6, 6.07) is 11.9. The molecule has 1 unspecified atom stereocenters. The Balaban J connectivity index is 1.85. The Morgan fingerprint density at radius 1 is 1.16 bits per heavy atom. The summed E-state index contributed by atoms with van der Waals surface area (Å²) in [5, 5.41) is 8.67. The molecule has 4 N–H and O–H groups in total. The Hall–Kier alpha value is -2.91. The first kappa shape index (κ1) is 24.4. The van der Waals surface area contributed by atoms with Crippen LogP contribution in [0.25, 0.3) is 0 Å². The molecule has 2 rings (SSSR count). The molecule has 0 saturated heterocycles. The van der Waals surface area contributed by atoms with Gasteiger partial charge < -0.3 is 24.8 Å². The van der Waals surface area contributed by atoms with Crippen LogP contribution in [0.3, 0.4) is 0 Å². The van der Waals surface area contributed by atoms with Crippen molar-refractivity contribution in [3.63, 3.8) is 0 Å². The average molecular weight is 453 g/mol. The second kappa shape index (κ2) is 11.5.